The van der Waals surface area contributed by atoms with E-state index in [1.807, 2.05) is 0 Å². The van der Waals surface area contributed by atoms with E-state index in [4.69, 9.17) is 4.79 Å². The van der Waals surface area contributed by atoms with Gasteiger partial charge < -0.3 is 0 Å². The van der Waals surface area contributed by atoms with E-state index in [2.05, 4.69) is 11.7 Å². The molecule has 0 atom stereocenters. The standard InChI is InChI=1S/CH2O3S2/c2-1-6(3,4)5/h1H,(H,3,4,5). The highest BCUT2D eigenvalue weighted by molar-refractivity contribution is 8.68. The SMILES string of the molecule is O=CS(=O)(=O)S. The Morgan fingerprint density at radius 3 is 1.67 bits per heavy atom. The molecule has 0 aromatic heterocycles. The van der Waals surface area contributed by atoms with Gasteiger partial charge in [-0.3, -0.25) is 4.79 Å². The minimum absolute atomic E-state index is 0.226. The molecule has 0 rings (SSSR count). The van der Waals surface area contributed by atoms with Crippen molar-refractivity contribution in [2.45, 2.75) is 0 Å². The monoisotopic (exact) mass is 126 g/mol. The lowest BCUT2D eigenvalue weighted by molar-refractivity contribution is 0.560. The van der Waals surface area contributed by atoms with Gasteiger partial charge in [0, 0.05) is 0 Å². The quantitative estimate of drug-likeness (QED) is 0.291. The maximum Gasteiger partial charge on any atom is 0.257 e. The van der Waals surface area contributed by atoms with Crippen LogP contribution in [-0.4, -0.2) is 14.0 Å². The normalized spacial score (nSPS) is 10.8. The third-order valence-electron chi connectivity index (χ3n) is 0.122. The molecule has 0 saturated carbocycles. The number of rotatable bonds is 1. The van der Waals surface area contributed by atoms with E-state index in [0.29, 0.717) is 0 Å². The predicted octanol–water partition coefficient (Wildman–Crippen LogP) is -0.564. The molecule has 36 valence electrons. The second kappa shape index (κ2) is 1.61. The molecule has 5 heteroatoms. The molecule has 0 aromatic carbocycles. The zero-order chi connectivity index (χ0) is 5.21. The minimum atomic E-state index is -3.65. The molecule has 0 aliphatic heterocycles. The zero-order valence-electron chi connectivity index (χ0n) is 2.66. The summed E-state index contributed by atoms with van der Waals surface area (Å²) in [6.45, 7) is 0. The Bertz CT molecular complexity index is 119. The lowest BCUT2D eigenvalue weighted by Gasteiger charge is -1.68. The van der Waals surface area contributed by atoms with Crippen molar-refractivity contribution in [3.05, 3.63) is 0 Å². The van der Waals surface area contributed by atoms with Crippen molar-refractivity contribution >= 4 is 26.1 Å². The van der Waals surface area contributed by atoms with Crippen LogP contribution in [0.3, 0.4) is 0 Å². The zero-order valence-corrected chi connectivity index (χ0v) is 4.37. The summed E-state index contributed by atoms with van der Waals surface area (Å²) in [5.41, 5.74) is -0.226. The summed E-state index contributed by atoms with van der Waals surface area (Å²) in [6, 6.07) is 0. The molecular weight excluding hydrogens is 124 g/mol. The molecule has 0 bridgehead atoms. The van der Waals surface area contributed by atoms with Crippen LogP contribution in [0.2, 0.25) is 0 Å². The molecule has 0 heterocycles. The number of hydrogen-bond acceptors (Lipinski definition) is 3. The molecule has 0 aliphatic carbocycles. The fourth-order valence-corrected chi connectivity index (χ4v) is 0. The van der Waals surface area contributed by atoms with Crippen molar-refractivity contribution in [2.75, 3.05) is 0 Å². The van der Waals surface area contributed by atoms with Gasteiger partial charge in [-0.05, 0) is 11.7 Å². The van der Waals surface area contributed by atoms with Crippen LogP contribution in [0.15, 0.2) is 0 Å². The Labute approximate surface area is 40.1 Å². The molecule has 6 heavy (non-hydrogen) atoms. The topological polar surface area (TPSA) is 51.2 Å². The molecule has 0 fully saturated rings. The summed E-state index contributed by atoms with van der Waals surface area (Å²) in [6.07, 6.45) is 0. The van der Waals surface area contributed by atoms with Gasteiger partial charge in [0.25, 0.3) is 8.87 Å². The summed E-state index contributed by atoms with van der Waals surface area (Å²) in [7, 11) is -3.65. The van der Waals surface area contributed by atoms with E-state index in [9.17, 15) is 8.42 Å². The smallest absolute Gasteiger partial charge is 0.257 e. The Morgan fingerprint density at radius 1 is 1.50 bits per heavy atom. The predicted molar refractivity (Wildman–Crippen MR) is 24.7 cm³/mol. The van der Waals surface area contributed by atoms with Gasteiger partial charge in [0.2, 0.25) is 5.62 Å². The van der Waals surface area contributed by atoms with Crippen LogP contribution in [-0.2, 0) is 13.7 Å². The first-order chi connectivity index (χ1) is 2.56. The summed E-state index contributed by atoms with van der Waals surface area (Å²) >= 11 is 2.86. The van der Waals surface area contributed by atoms with E-state index in [1.54, 1.807) is 0 Å². The van der Waals surface area contributed by atoms with Crippen LogP contribution in [0.25, 0.3) is 0 Å². The highest BCUT2D eigenvalue weighted by atomic mass is 33.1. The molecule has 0 unspecified atom stereocenters. The van der Waals surface area contributed by atoms with E-state index in [-0.39, 0.29) is 5.62 Å². The highest BCUT2D eigenvalue weighted by Crippen LogP contribution is 1.84. The van der Waals surface area contributed by atoms with Crippen molar-refractivity contribution in [3.63, 3.8) is 0 Å². The first-order valence-corrected chi connectivity index (χ1v) is 3.59. The largest absolute Gasteiger partial charge is 0.284 e. The molecular formula is CH2O3S2. The van der Waals surface area contributed by atoms with Gasteiger partial charge in [0.15, 0.2) is 0 Å². The number of thiol groups is 1. The van der Waals surface area contributed by atoms with Crippen LogP contribution in [0.1, 0.15) is 0 Å². The second-order valence-electron chi connectivity index (χ2n) is 0.611. The van der Waals surface area contributed by atoms with Crippen LogP contribution in [0, 0.1) is 0 Å². The minimum Gasteiger partial charge on any atom is -0.284 e. The van der Waals surface area contributed by atoms with Gasteiger partial charge in [-0.15, -0.1) is 0 Å². The molecule has 0 aromatic rings. The van der Waals surface area contributed by atoms with Gasteiger partial charge in [-0.2, -0.15) is 0 Å². The van der Waals surface area contributed by atoms with Crippen molar-refractivity contribution in [3.8, 4) is 0 Å². The summed E-state index contributed by atoms with van der Waals surface area (Å²) in [4.78, 5) is 9.16. The van der Waals surface area contributed by atoms with Crippen LogP contribution < -0.4 is 0 Å². The van der Waals surface area contributed by atoms with Crippen molar-refractivity contribution < 1.29 is 13.2 Å². The molecule has 3 nitrogen and oxygen atoms in total. The van der Waals surface area contributed by atoms with E-state index in [0.717, 1.165) is 0 Å². The van der Waals surface area contributed by atoms with Crippen molar-refractivity contribution in [2.24, 2.45) is 0 Å². The van der Waals surface area contributed by atoms with Crippen molar-refractivity contribution in [1.82, 2.24) is 0 Å². The second-order valence-corrected chi connectivity index (χ2v) is 3.36. The summed E-state index contributed by atoms with van der Waals surface area (Å²) in [5, 5.41) is 0. The third kappa shape index (κ3) is 3.97. The average Bonchev–Trinajstić information content (AvgIpc) is 1.35. The average molecular weight is 126 g/mol. The van der Waals surface area contributed by atoms with E-state index in [1.165, 1.54) is 0 Å². The Kier molecular flexibility index (Phi) is 1.60. The molecule has 0 aliphatic rings. The Balaban J connectivity index is 4.25. The maximum atomic E-state index is 9.50. The molecule has 0 amide bonds. The molecule has 0 spiro atoms. The molecule has 0 saturated heterocycles. The van der Waals surface area contributed by atoms with Crippen LogP contribution >= 0.6 is 11.7 Å². The Hall–Kier alpha value is -0.0300. The van der Waals surface area contributed by atoms with Gasteiger partial charge in [-0.25, -0.2) is 8.42 Å². The fourth-order valence-electron chi connectivity index (χ4n) is 0. The number of carbonyl (C=O) groups is 1. The van der Waals surface area contributed by atoms with Gasteiger partial charge in [0.05, 0.1) is 0 Å². The summed E-state index contributed by atoms with van der Waals surface area (Å²) < 4.78 is 19.0. The first-order valence-electron chi connectivity index (χ1n) is 0.987. The maximum absolute atomic E-state index is 9.50. The van der Waals surface area contributed by atoms with E-state index >= 15 is 0 Å². The van der Waals surface area contributed by atoms with Crippen molar-refractivity contribution in [1.29, 1.82) is 0 Å². The van der Waals surface area contributed by atoms with Crippen LogP contribution in [0.4, 0.5) is 0 Å². The lowest BCUT2D eigenvalue weighted by Crippen LogP contribution is -1.85. The third-order valence-corrected chi connectivity index (χ3v) is 0.623. The summed E-state index contributed by atoms with van der Waals surface area (Å²) in [5.74, 6) is 0. The van der Waals surface area contributed by atoms with Gasteiger partial charge >= 0.3 is 0 Å². The van der Waals surface area contributed by atoms with Gasteiger partial charge in [-0.1, -0.05) is 0 Å². The van der Waals surface area contributed by atoms with Gasteiger partial charge in [0.1, 0.15) is 0 Å². The number of hydrogen-bond donors (Lipinski definition) is 1. The Morgan fingerprint density at radius 2 is 1.67 bits per heavy atom. The van der Waals surface area contributed by atoms with E-state index < -0.39 is 8.87 Å². The molecule has 0 radical (unpaired) electrons. The lowest BCUT2D eigenvalue weighted by atomic mass is 11.8. The highest BCUT2D eigenvalue weighted by Gasteiger charge is 1.93. The first kappa shape index (κ1) is 5.97. The van der Waals surface area contributed by atoms with Crippen LogP contribution in [0.5, 0.6) is 0 Å². The number of carbonyl (C=O) groups excluding carboxylic acids is 1. The fraction of sp³-hybridized carbons (Fsp3) is 0. The molecule has 0 N–H and O–H groups in total.